The van der Waals surface area contributed by atoms with Crippen LogP contribution in [-0.4, -0.2) is 39.8 Å². The summed E-state index contributed by atoms with van der Waals surface area (Å²) in [6, 6.07) is 11.6. The van der Waals surface area contributed by atoms with Crippen LogP contribution in [-0.2, 0) is 4.84 Å². The van der Waals surface area contributed by atoms with Crippen molar-refractivity contribution in [3.05, 3.63) is 59.7 Å². The molecule has 6 heteroatoms. The maximum absolute atomic E-state index is 6.01. The first-order valence-electron chi connectivity index (χ1n) is 10.5. The van der Waals surface area contributed by atoms with E-state index >= 15 is 0 Å². The summed E-state index contributed by atoms with van der Waals surface area (Å²) in [5.74, 6) is 3.38. The van der Waals surface area contributed by atoms with Crippen molar-refractivity contribution in [3.63, 3.8) is 0 Å². The molecular formula is C25H33NO5. The number of aryl methyl sites for hydroxylation is 2. The summed E-state index contributed by atoms with van der Waals surface area (Å²) in [4.78, 5) is 4.58. The van der Waals surface area contributed by atoms with Crippen LogP contribution in [0.25, 0.3) is 0 Å². The lowest BCUT2D eigenvalue weighted by Crippen LogP contribution is -2.05. The summed E-state index contributed by atoms with van der Waals surface area (Å²) in [5.41, 5.74) is 2.17. The van der Waals surface area contributed by atoms with E-state index in [1.165, 1.54) is 7.11 Å². The molecule has 31 heavy (non-hydrogen) atoms. The summed E-state index contributed by atoms with van der Waals surface area (Å²) in [7, 11) is 1.50. The Balaban J connectivity index is 1.66. The topological polar surface area (TPSA) is 58.5 Å². The Bertz CT molecular complexity index is 807. The monoisotopic (exact) mass is 427 g/mol. The van der Waals surface area contributed by atoms with Gasteiger partial charge in [-0.3, -0.25) is 0 Å². The normalized spacial score (nSPS) is 11.1. The van der Waals surface area contributed by atoms with E-state index in [0.29, 0.717) is 26.4 Å². The number of rotatable bonds is 14. The minimum Gasteiger partial charge on any atom is -0.494 e. The molecule has 0 N–H and O–H groups in total. The van der Waals surface area contributed by atoms with E-state index in [1.807, 2.05) is 69.3 Å². The molecule has 0 aromatic heterocycles. The third kappa shape index (κ3) is 9.03. The van der Waals surface area contributed by atoms with Crippen molar-refractivity contribution >= 4 is 6.21 Å². The highest BCUT2D eigenvalue weighted by molar-refractivity contribution is 5.58. The molecule has 0 aliphatic carbocycles. The highest BCUT2D eigenvalue weighted by Gasteiger charge is 2.07. The van der Waals surface area contributed by atoms with Crippen LogP contribution >= 0.6 is 0 Å². The first kappa shape index (κ1) is 24.1. The summed E-state index contributed by atoms with van der Waals surface area (Å²) >= 11 is 0. The van der Waals surface area contributed by atoms with Crippen LogP contribution in [0.4, 0.5) is 0 Å². The van der Waals surface area contributed by atoms with E-state index in [2.05, 4.69) is 9.99 Å². The summed E-state index contributed by atoms with van der Waals surface area (Å²) in [6.45, 7) is 8.31. The predicted octanol–water partition coefficient (Wildman–Crippen LogP) is 5.51. The molecule has 2 aromatic carbocycles. The fraction of sp³-hybridized carbons (Fsp3) is 0.400. The van der Waals surface area contributed by atoms with Gasteiger partial charge < -0.3 is 23.8 Å². The van der Waals surface area contributed by atoms with Gasteiger partial charge >= 0.3 is 0 Å². The lowest BCUT2D eigenvalue weighted by molar-refractivity contribution is 0.212. The molecule has 2 aromatic rings. The Morgan fingerprint density at radius 1 is 0.774 bits per heavy atom. The zero-order valence-corrected chi connectivity index (χ0v) is 18.9. The van der Waals surface area contributed by atoms with Gasteiger partial charge in [0.15, 0.2) is 0 Å². The largest absolute Gasteiger partial charge is 0.494 e. The molecule has 0 amide bonds. The molecular weight excluding hydrogens is 394 g/mol. The molecule has 6 nitrogen and oxygen atoms in total. The molecule has 0 atom stereocenters. The Kier molecular flexibility index (Phi) is 10.9. The smallest absolute Gasteiger partial charge is 0.127 e. The maximum atomic E-state index is 6.01. The second-order valence-electron chi connectivity index (χ2n) is 6.92. The molecule has 2 rings (SSSR count). The van der Waals surface area contributed by atoms with Gasteiger partial charge in [0, 0.05) is 0 Å². The molecule has 0 fully saturated rings. The molecule has 0 saturated heterocycles. The van der Waals surface area contributed by atoms with Crippen LogP contribution in [0.5, 0.6) is 23.0 Å². The van der Waals surface area contributed by atoms with Crippen molar-refractivity contribution < 1.29 is 23.8 Å². The third-order valence-corrected chi connectivity index (χ3v) is 4.40. The van der Waals surface area contributed by atoms with Gasteiger partial charge in [0.1, 0.15) is 43.3 Å². The van der Waals surface area contributed by atoms with Crippen molar-refractivity contribution in [2.24, 2.45) is 5.16 Å². The Hall–Kier alpha value is -3.15. The van der Waals surface area contributed by atoms with Crippen LogP contribution in [0.15, 0.2) is 53.7 Å². The Labute approximate surface area is 185 Å². The van der Waals surface area contributed by atoms with Crippen LogP contribution < -0.4 is 18.9 Å². The SMILES string of the molecule is C/C=C/COc1cc(C)c(OCCCCOc2ccc(OC/C=N/OC)cc2)c(C)c1. The Morgan fingerprint density at radius 3 is 1.97 bits per heavy atom. The van der Waals surface area contributed by atoms with Gasteiger partial charge in [-0.2, -0.15) is 0 Å². The molecule has 0 saturated carbocycles. The van der Waals surface area contributed by atoms with Crippen LogP contribution in [0, 0.1) is 13.8 Å². The van der Waals surface area contributed by atoms with Crippen LogP contribution in [0.3, 0.4) is 0 Å². The van der Waals surface area contributed by atoms with Gasteiger partial charge in [0.2, 0.25) is 0 Å². The van der Waals surface area contributed by atoms with E-state index in [-0.39, 0.29) is 0 Å². The number of allylic oxidation sites excluding steroid dienone is 1. The summed E-state index contributed by atoms with van der Waals surface area (Å²) < 4.78 is 23.0. The van der Waals surface area contributed by atoms with E-state index in [1.54, 1.807) is 6.21 Å². The molecule has 0 unspecified atom stereocenters. The lowest BCUT2D eigenvalue weighted by atomic mass is 10.1. The fourth-order valence-electron chi connectivity index (χ4n) is 2.90. The van der Waals surface area contributed by atoms with Gasteiger partial charge in [-0.25, -0.2) is 0 Å². The first-order valence-corrected chi connectivity index (χ1v) is 10.5. The summed E-state index contributed by atoms with van der Waals surface area (Å²) in [5, 5.41) is 3.62. The number of hydrogen-bond acceptors (Lipinski definition) is 6. The minimum absolute atomic E-state index is 0.360. The number of benzene rings is 2. The zero-order valence-electron chi connectivity index (χ0n) is 18.9. The lowest BCUT2D eigenvalue weighted by Gasteiger charge is -2.14. The van der Waals surface area contributed by atoms with Gasteiger partial charge in [0.05, 0.1) is 19.4 Å². The van der Waals surface area contributed by atoms with Gasteiger partial charge in [-0.15, -0.1) is 0 Å². The first-order chi connectivity index (χ1) is 15.1. The number of hydrogen-bond donors (Lipinski definition) is 0. The number of nitrogens with zero attached hydrogens (tertiary/aromatic N) is 1. The van der Waals surface area contributed by atoms with Gasteiger partial charge in [-0.05, 0) is 81.1 Å². The Morgan fingerprint density at radius 2 is 1.35 bits per heavy atom. The number of oxime groups is 1. The van der Waals surface area contributed by atoms with Gasteiger partial charge in [0.25, 0.3) is 0 Å². The average Bonchev–Trinajstić information content (AvgIpc) is 2.76. The van der Waals surface area contributed by atoms with E-state index < -0.39 is 0 Å². The zero-order chi connectivity index (χ0) is 22.3. The van der Waals surface area contributed by atoms with Crippen molar-refractivity contribution in [1.82, 2.24) is 0 Å². The number of ether oxygens (including phenoxy) is 4. The highest BCUT2D eigenvalue weighted by atomic mass is 16.6. The second kappa shape index (κ2) is 14.0. The molecule has 168 valence electrons. The fourth-order valence-corrected chi connectivity index (χ4v) is 2.90. The van der Waals surface area contributed by atoms with Gasteiger partial charge in [-0.1, -0.05) is 17.3 Å². The third-order valence-electron chi connectivity index (χ3n) is 4.40. The van der Waals surface area contributed by atoms with Crippen molar-refractivity contribution in [3.8, 4) is 23.0 Å². The van der Waals surface area contributed by atoms with Crippen molar-refractivity contribution in [2.75, 3.05) is 33.5 Å². The molecule has 0 heterocycles. The molecule has 0 radical (unpaired) electrons. The van der Waals surface area contributed by atoms with Crippen LogP contribution in [0.1, 0.15) is 30.9 Å². The van der Waals surface area contributed by atoms with Crippen LogP contribution in [0.2, 0.25) is 0 Å². The quantitative estimate of drug-likeness (QED) is 0.172. The minimum atomic E-state index is 0.360. The van der Waals surface area contributed by atoms with E-state index in [9.17, 15) is 0 Å². The molecule has 0 aliphatic rings. The average molecular weight is 428 g/mol. The number of unbranched alkanes of at least 4 members (excludes halogenated alkanes) is 1. The molecule has 0 bridgehead atoms. The van der Waals surface area contributed by atoms with Crippen molar-refractivity contribution in [2.45, 2.75) is 33.6 Å². The maximum Gasteiger partial charge on any atom is 0.127 e. The molecule has 0 spiro atoms. The highest BCUT2D eigenvalue weighted by Crippen LogP contribution is 2.28. The van der Waals surface area contributed by atoms with Crippen molar-refractivity contribution in [1.29, 1.82) is 0 Å². The standard InChI is InChI=1S/C25H33NO5/c1-5-6-14-29-24-18-20(2)25(21(3)19-24)31-16-8-7-15-28-22-9-11-23(12-10-22)30-17-13-26-27-4/h5-6,9-13,18-19H,7-8,14-17H2,1-4H3/b6-5+,26-13+. The summed E-state index contributed by atoms with van der Waals surface area (Å²) in [6.07, 6.45) is 7.35. The second-order valence-corrected chi connectivity index (χ2v) is 6.92. The van der Waals surface area contributed by atoms with E-state index in [4.69, 9.17) is 18.9 Å². The molecule has 0 aliphatic heterocycles. The van der Waals surface area contributed by atoms with E-state index in [0.717, 1.165) is 47.0 Å². The predicted molar refractivity (Wildman–Crippen MR) is 124 cm³/mol.